The van der Waals surface area contributed by atoms with Crippen molar-refractivity contribution in [2.24, 2.45) is 5.41 Å². The van der Waals surface area contributed by atoms with E-state index in [9.17, 15) is 4.79 Å². The third-order valence-corrected chi connectivity index (χ3v) is 4.31. The minimum absolute atomic E-state index is 0.0889. The monoisotopic (exact) mass is 283 g/mol. The molecule has 0 aliphatic carbocycles. The third-order valence-electron chi connectivity index (χ3n) is 4.31. The van der Waals surface area contributed by atoms with Gasteiger partial charge in [-0.3, -0.25) is 10.1 Å². The first kappa shape index (κ1) is 14.1. The smallest absolute Gasteiger partial charge is 0.323 e. The van der Waals surface area contributed by atoms with E-state index in [1.54, 1.807) is 0 Å². The van der Waals surface area contributed by atoms with Crippen LogP contribution in [0.4, 0.5) is 0 Å². The van der Waals surface area contributed by atoms with Crippen LogP contribution in [0.5, 0.6) is 0 Å². The first-order valence-corrected chi connectivity index (χ1v) is 7.39. The predicted molar refractivity (Wildman–Crippen MR) is 84.0 cm³/mol. The number of carbonyl (C=O) groups excluding carboxylic acids is 1. The van der Waals surface area contributed by atoms with Crippen LogP contribution in [0.3, 0.4) is 0 Å². The van der Waals surface area contributed by atoms with Crippen molar-refractivity contribution in [3.05, 3.63) is 48.0 Å². The van der Waals surface area contributed by atoms with E-state index in [0.29, 0.717) is 6.61 Å². The number of ether oxygens (including phenoxy) is 1. The molecule has 3 nitrogen and oxygen atoms in total. The quantitative estimate of drug-likeness (QED) is 0.877. The Bertz CT molecular complexity index is 672. The van der Waals surface area contributed by atoms with E-state index in [4.69, 9.17) is 4.74 Å². The van der Waals surface area contributed by atoms with Crippen molar-refractivity contribution in [3.63, 3.8) is 0 Å². The second kappa shape index (κ2) is 5.15. The lowest BCUT2D eigenvalue weighted by molar-refractivity contribution is -0.139. The molecule has 1 aliphatic rings. The first-order chi connectivity index (χ1) is 9.99. The number of nitrogens with one attached hydrogen (secondary N) is 1. The zero-order valence-corrected chi connectivity index (χ0v) is 12.7. The van der Waals surface area contributed by atoms with E-state index in [0.717, 1.165) is 0 Å². The number of esters is 1. The lowest BCUT2D eigenvalue weighted by Crippen LogP contribution is -2.44. The zero-order valence-electron chi connectivity index (χ0n) is 12.7. The van der Waals surface area contributed by atoms with Crippen LogP contribution in [0.2, 0.25) is 0 Å². The fourth-order valence-electron chi connectivity index (χ4n) is 3.00. The second-order valence-electron chi connectivity index (χ2n) is 6.49. The summed E-state index contributed by atoms with van der Waals surface area (Å²) in [6.45, 7) is 6.70. The van der Waals surface area contributed by atoms with Gasteiger partial charge in [-0.2, -0.15) is 0 Å². The van der Waals surface area contributed by atoms with Crippen LogP contribution in [0.1, 0.15) is 32.4 Å². The molecule has 21 heavy (non-hydrogen) atoms. The summed E-state index contributed by atoms with van der Waals surface area (Å²) >= 11 is 0. The minimum Gasteiger partial charge on any atom is -0.464 e. The topological polar surface area (TPSA) is 38.3 Å². The maximum atomic E-state index is 11.9. The van der Waals surface area contributed by atoms with Gasteiger partial charge >= 0.3 is 5.97 Å². The molecule has 0 unspecified atom stereocenters. The summed E-state index contributed by atoms with van der Waals surface area (Å²) in [6.07, 6.45) is 0. The van der Waals surface area contributed by atoms with Crippen molar-refractivity contribution in [2.75, 3.05) is 6.61 Å². The number of fused-ring (bicyclic) bond motifs is 1. The highest BCUT2D eigenvalue weighted by Gasteiger charge is 2.44. The van der Waals surface area contributed by atoms with Crippen LogP contribution in [0, 0.1) is 5.41 Å². The van der Waals surface area contributed by atoms with Gasteiger partial charge in [0.15, 0.2) is 0 Å². The Morgan fingerprint density at radius 1 is 1.19 bits per heavy atom. The Morgan fingerprint density at radius 3 is 2.62 bits per heavy atom. The lowest BCUT2D eigenvalue weighted by atomic mass is 9.86. The summed E-state index contributed by atoms with van der Waals surface area (Å²) < 4.78 is 5.20. The lowest BCUT2D eigenvalue weighted by Gasteiger charge is -2.27. The van der Waals surface area contributed by atoms with E-state index >= 15 is 0 Å². The average Bonchev–Trinajstić information content (AvgIpc) is 2.73. The molecule has 0 amide bonds. The molecule has 3 heteroatoms. The highest BCUT2D eigenvalue weighted by molar-refractivity contribution is 5.86. The highest BCUT2D eigenvalue weighted by atomic mass is 16.5. The van der Waals surface area contributed by atoms with E-state index in [1.807, 2.05) is 12.1 Å². The zero-order chi connectivity index (χ0) is 15.0. The van der Waals surface area contributed by atoms with Gasteiger partial charge in [0.25, 0.3) is 0 Å². The van der Waals surface area contributed by atoms with Gasteiger partial charge in [-0.05, 0) is 23.3 Å². The van der Waals surface area contributed by atoms with Crippen LogP contribution in [-0.4, -0.2) is 18.6 Å². The van der Waals surface area contributed by atoms with Crippen molar-refractivity contribution in [1.82, 2.24) is 5.32 Å². The van der Waals surface area contributed by atoms with Crippen molar-refractivity contribution in [2.45, 2.75) is 32.9 Å². The molecule has 0 aromatic heterocycles. The van der Waals surface area contributed by atoms with Crippen LogP contribution >= 0.6 is 0 Å². The fourth-order valence-corrected chi connectivity index (χ4v) is 3.00. The molecule has 0 bridgehead atoms. The molecule has 1 saturated heterocycles. The maximum Gasteiger partial charge on any atom is 0.323 e. The summed E-state index contributed by atoms with van der Waals surface area (Å²) in [5.74, 6) is -0.146. The van der Waals surface area contributed by atoms with Crippen LogP contribution < -0.4 is 5.32 Å². The molecule has 3 rings (SSSR count). The molecule has 0 radical (unpaired) electrons. The van der Waals surface area contributed by atoms with Crippen LogP contribution in [-0.2, 0) is 9.53 Å². The van der Waals surface area contributed by atoms with Gasteiger partial charge in [0.1, 0.15) is 6.04 Å². The van der Waals surface area contributed by atoms with Crippen molar-refractivity contribution < 1.29 is 9.53 Å². The number of hydrogen-bond acceptors (Lipinski definition) is 3. The molecule has 1 N–H and O–H groups in total. The van der Waals surface area contributed by atoms with Gasteiger partial charge < -0.3 is 4.74 Å². The number of rotatable bonds is 3. The molecular weight excluding hydrogens is 262 g/mol. The van der Waals surface area contributed by atoms with E-state index in [1.165, 1.54) is 16.3 Å². The Kier molecular flexibility index (Phi) is 3.46. The van der Waals surface area contributed by atoms with Crippen molar-refractivity contribution >= 4 is 16.7 Å². The molecule has 0 saturated carbocycles. The fraction of sp³-hybridized carbons (Fsp3) is 0.389. The van der Waals surface area contributed by atoms with Gasteiger partial charge in [0.2, 0.25) is 0 Å². The molecule has 2 aromatic carbocycles. The SMILES string of the molecule is C[C@H](N[C@@H]1C(=O)OCC1(C)C)c1cccc2ccccc12. The molecule has 1 aliphatic heterocycles. The van der Waals surface area contributed by atoms with Gasteiger partial charge in [0.05, 0.1) is 6.61 Å². The number of carbonyl (C=O) groups is 1. The number of hydrogen-bond donors (Lipinski definition) is 1. The average molecular weight is 283 g/mol. The van der Waals surface area contributed by atoms with Crippen molar-refractivity contribution in [1.29, 1.82) is 0 Å². The molecule has 110 valence electrons. The van der Waals surface area contributed by atoms with Gasteiger partial charge in [-0.1, -0.05) is 56.3 Å². The van der Waals surface area contributed by atoms with Gasteiger partial charge in [-0.25, -0.2) is 0 Å². The Hall–Kier alpha value is -1.87. The first-order valence-electron chi connectivity index (χ1n) is 7.39. The normalized spacial score (nSPS) is 22.2. The summed E-state index contributed by atoms with van der Waals surface area (Å²) in [6, 6.07) is 14.5. The molecular formula is C18H21NO2. The van der Waals surface area contributed by atoms with E-state index in [-0.39, 0.29) is 23.5 Å². The summed E-state index contributed by atoms with van der Waals surface area (Å²) in [5, 5.41) is 5.90. The van der Waals surface area contributed by atoms with Crippen molar-refractivity contribution in [3.8, 4) is 0 Å². The van der Waals surface area contributed by atoms with E-state index < -0.39 is 0 Å². The molecule has 0 spiro atoms. The number of benzene rings is 2. The summed E-state index contributed by atoms with van der Waals surface area (Å²) in [4.78, 5) is 11.9. The van der Waals surface area contributed by atoms with Crippen LogP contribution in [0.15, 0.2) is 42.5 Å². The van der Waals surface area contributed by atoms with Gasteiger partial charge in [-0.15, -0.1) is 0 Å². The Labute approximate surface area is 125 Å². The maximum absolute atomic E-state index is 11.9. The number of cyclic esters (lactones) is 1. The Morgan fingerprint density at radius 2 is 1.90 bits per heavy atom. The highest BCUT2D eigenvalue weighted by Crippen LogP contribution is 2.31. The van der Waals surface area contributed by atoms with Crippen LogP contribution in [0.25, 0.3) is 10.8 Å². The van der Waals surface area contributed by atoms with E-state index in [2.05, 4.69) is 56.4 Å². The molecule has 2 aromatic rings. The Balaban J connectivity index is 1.91. The summed E-state index contributed by atoms with van der Waals surface area (Å²) in [7, 11) is 0. The molecule has 1 fully saturated rings. The summed E-state index contributed by atoms with van der Waals surface area (Å²) in [5.41, 5.74) is 1.04. The molecule has 2 atom stereocenters. The van der Waals surface area contributed by atoms with Gasteiger partial charge in [0, 0.05) is 11.5 Å². The standard InChI is InChI=1S/C18H21NO2/c1-12(19-16-17(20)21-11-18(16,2)3)14-10-6-8-13-7-4-5-9-15(13)14/h4-10,12,16,19H,11H2,1-3H3/t12-,16+/m0/s1. The second-order valence-corrected chi connectivity index (χ2v) is 6.49. The predicted octanol–water partition coefficient (Wildman–Crippen LogP) is 3.44. The third kappa shape index (κ3) is 2.54. The minimum atomic E-state index is -0.258. The molecule has 1 heterocycles. The largest absolute Gasteiger partial charge is 0.464 e.